The topological polar surface area (TPSA) is 53.2 Å². The van der Waals surface area contributed by atoms with Gasteiger partial charge in [-0.05, 0) is 46.7 Å². The monoisotopic (exact) mass is 366 g/mol. The van der Waals surface area contributed by atoms with Crippen molar-refractivity contribution in [1.82, 2.24) is 5.27 Å². The second kappa shape index (κ2) is 6.20. The van der Waals surface area contributed by atoms with E-state index in [-0.39, 0.29) is 0 Å². The maximum Gasteiger partial charge on any atom is 0.272 e. The van der Waals surface area contributed by atoms with Crippen LogP contribution in [-0.2, 0) is 0 Å². The van der Waals surface area contributed by atoms with Crippen LogP contribution in [0.4, 0.5) is 0 Å². The molecule has 0 saturated carbocycles. The van der Waals surface area contributed by atoms with E-state index in [1.165, 1.54) is 5.56 Å². The molecule has 0 aliphatic rings. The maximum absolute atomic E-state index is 12.7. The van der Waals surface area contributed by atoms with Crippen LogP contribution in [0.2, 0.25) is 0 Å². The highest BCUT2D eigenvalue weighted by Crippen LogP contribution is 2.41. The molecule has 0 amide bonds. The molecule has 0 spiro atoms. The van der Waals surface area contributed by atoms with Crippen molar-refractivity contribution in [2.24, 2.45) is 0 Å². The highest BCUT2D eigenvalue weighted by molar-refractivity contribution is 6.06. The third-order valence-corrected chi connectivity index (χ3v) is 5.33. The first-order valence-corrected chi connectivity index (χ1v) is 9.21. The fourth-order valence-electron chi connectivity index (χ4n) is 3.84. The van der Waals surface area contributed by atoms with Gasteiger partial charge in [-0.25, -0.2) is 0 Å². The Morgan fingerprint density at radius 1 is 0.786 bits per heavy atom. The Morgan fingerprint density at radius 2 is 1.36 bits per heavy atom. The number of fused-ring (bicyclic) bond motifs is 3. The molecule has 28 heavy (non-hydrogen) atoms. The van der Waals surface area contributed by atoms with Gasteiger partial charge in [-0.1, -0.05) is 60.7 Å². The molecule has 4 heteroatoms. The van der Waals surface area contributed by atoms with E-state index in [0.29, 0.717) is 5.52 Å². The molecule has 2 heterocycles. The van der Waals surface area contributed by atoms with Crippen LogP contribution >= 0.6 is 0 Å². The largest absolute Gasteiger partial charge is 0.539 e. The van der Waals surface area contributed by atoms with Crippen molar-refractivity contribution in [2.75, 3.05) is 0 Å². The van der Waals surface area contributed by atoms with E-state index < -0.39 is 5.95 Å². The van der Waals surface area contributed by atoms with Gasteiger partial charge in [0.05, 0.1) is 16.2 Å². The second-order valence-corrected chi connectivity index (χ2v) is 7.06. The number of pyridine rings is 1. The molecule has 0 unspecified atom stereocenters. The van der Waals surface area contributed by atoms with Crippen molar-refractivity contribution in [1.29, 1.82) is 0 Å². The van der Waals surface area contributed by atoms with Crippen molar-refractivity contribution in [2.45, 2.75) is 13.8 Å². The molecule has 0 N–H and O–H groups in total. The minimum Gasteiger partial charge on any atom is -0.539 e. The van der Waals surface area contributed by atoms with Gasteiger partial charge in [0, 0.05) is 11.6 Å². The zero-order chi connectivity index (χ0) is 19.3. The van der Waals surface area contributed by atoms with Gasteiger partial charge < -0.3 is 9.63 Å². The molecule has 136 valence electrons. The molecular weight excluding hydrogens is 348 g/mol. The number of hydrogen-bond acceptors (Lipinski definition) is 3. The van der Waals surface area contributed by atoms with E-state index >= 15 is 0 Å². The quantitative estimate of drug-likeness (QED) is 0.429. The smallest absolute Gasteiger partial charge is 0.272 e. The Labute approximate surface area is 162 Å². The van der Waals surface area contributed by atoms with Crippen molar-refractivity contribution in [3.8, 4) is 28.2 Å². The first-order valence-electron chi connectivity index (χ1n) is 9.21. The Bertz CT molecular complexity index is 1320. The average molecular weight is 366 g/mol. The number of nitrogens with zero attached hydrogens (tertiary/aromatic N) is 2. The summed E-state index contributed by atoms with van der Waals surface area (Å²) in [5.41, 5.74) is 7.52. The van der Waals surface area contributed by atoms with E-state index in [9.17, 15) is 5.11 Å². The van der Waals surface area contributed by atoms with Gasteiger partial charge in [0.2, 0.25) is 5.52 Å². The Kier molecular flexibility index (Phi) is 3.66. The fourth-order valence-corrected chi connectivity index (χ4v) is 3.84. The lowest BCUT2D eigenvalue weighted by atomic mass is 9.90. The Hall–Kier alpha value is -3.66. The maximum atomic E-state index is 12.7. The van der Waals surface area contributed by atoms with Crippen LogP contribution in [0, 0.1) is 13.8 Å². The first kappa shape index (κ1) is 16.5. The van der Waals surface area contributed by atoms with E-state index in [1.54, 1.807) is 4.52 Å². The van der Waals surface area contributed by atoms with Crippen LogP contribution in [0.5, 0.6) is 5.95 Å². The molecule has 0 fully saturated rings. The highest BCUT2D eigenvalue weighted by atomic mass is 16.6. The summed E-state index contributed by atoms with van der Waals surface area (Å²) in [6, 6.07) is 24.4. The molecule has 5 rings (SSSR count). The van der Waals surface area contributed by atoms with Crippen LogP contribution in [0.25, 0.3) is 38.7 Å². The lowest BCUT2D eigenvalue weighted by molar-refractivity contribution is -0.567. The third kappa shape index (κ3) is 2.38. The molecule has 0 bridgehead atoms. The van der Waals surface area contributed by atoms with Crippen molar-refractivity contribution < 1.29 is 14.1 Å². The van der Waals surface area contributed by atoms with Gasteiger partial charge >= 0.3 is 0 Å². The molecule has 0 atom stereocenters. The molecular formula is C24H18N2O2. The van der Waals surface area contributed by atoms with Crippen LogP contribution in [-0.4, -0.2) is 5.27 Å². The molecule has 0 radical (unpaired) electrons. The summed E-state index contributed by atoms with van der Waals surface area (Å²) >= 11 is 0. The SMILES string of the molecule is Cc1cc2c(-c3ccccc3)c(-c3ccccc3)c3c([O-])on[n+]3c2cc1C. The third-order valence-electron chi connectivity index (χ3n) is 5.33. The molecule has 0 saturated heterocycles. The number of hydrogen-bond donors (Lipinski definition) is 0. The summed E-state index contributed by atoms with van der Waals surface area (Å²) in [6.07, 6.45) is 0. The predicted molar refractivity (Wildman–Crippen MR) is 107 cm³/mol. The zero-order valence-corrected chi connectivity index (χ0v) is 15.6. The second-order valence-electron chi connectivity index (χ2n) is 7.06. The summed E-state index contributed by atoms with van der Waals surface area (Å²) in [6.45, 7) is 4.16. The molecule has 2 aromatic heterocycles. The zero-order valence-electron chi connectivity index (χ0n) is 15.6. The molecule has 3 aromatic carbocycles. The molecule has 5 aromatic rings. The normalized spacial score (nSPS) is 11.4. The summed E-state index contributed by atoms with van der Waals surface area (Å²) < 4.78 is 6.74. The summed E-state index contributed by atoms with van der Waals surface area (Å²) in [5.74, 6) is -0.434. The van der Waals surface area contributed by atoms with Crippen molar-refractivity contribution in [3.63, 3.8) is 0 Å². The number of rotatable bonds is 2. The molecule has 0 aliphatic carbocycles. The van der Waals surface area contributed by atoms with Gasteiger partial charge in [-0.3, -0.25) is 0 Å². The predicted octanol–water partition coefficient (Wildman–Crippen LogP) is 4.59. The Morgan fingerprint density at radius 3 is 2.00 bits per heavy atom. The standard InChI is InChI=1S/C24H18N2O2/c1-15-13-19-20(14-16(15)2)26-23(24(27)28-25-26)22(18-11-7-4-8-12-18)21(19)17-9-5-3-6-10-17/h3-14H,1-2H3. The van der Waals surface area contributed by atoms with Gasteiger partial charge in [0.25, 0.3) is 5.52 Å². The number of benzene rings is 3. The van der Waals surface area contributed by atoms with Crippen LogP contribution in [0.15, 0.2) is 77.3 Å². The van der Waals surface area contributed by atoms with Gasteiger partial charge in [-0.2, -0.15) is 0 Å². The number of aryl methyl sites for hydroxylation is 2. The summed E-state index contributed by atoms with van der Waals surface area (Å²) in [5, 5.41) is 17.8. The van der Waals surface area contributed by atoms with Crippen molar-refractivity contribution in [3.05, 3.63) is 83.9 Å². The van der Waals surface area contributed by atoms with Crippen molar-refractivity contribution >= 4 is 16.4 Å². The average Bonchev–Trinajstić information content (AvgIpc) is 3.11. The van der Waals surface area contributed by atoms with Crippen LogP contribution < -0.4 is 9.62 Å². The van der Waals surface area contributed by atoms with E-state index in [2.05, 4.69) is 43.4 Å². The van der Waals surface area contributed by atoms with Gasteiger partial charge in [-0.15, -0.1) is 0 Å². The van der Waals surface area contributed by atoms with Crippen LogP contribution in [0.3, 0.4) is 0 Å². The highest BCUT2D eigenvalue weighted by Gasteiger charge is 2.27. The van der Waals surface area contributed by atoms with Crippen LogP contribution in [0.1, 0.15) is 11.1 Å². The fraction of sp³-hybridized carbons (Fsp3) is 0.0833. The lowest BCUT2D eigenvalue weighted by Gasteiger charge is -2.13. The number of aromatic nitrogens is 2. The first-order chi connectivity index (χ1) is 13.6. The molecule has 4 nitrogen and oxygen atoms in total. The lowest BCUT2D eigenvalue weighted by Crippen LogP contribution is -2.25. The van der Waals surface area contributed by atoms with Gasteiger partial charge in [0.1, 0.15) is 0 Å². The molecule has 0 aliphatic heterocycles. The minimum absolute atomic E-state index is 0.434. The van der Waals surface area contributed by atoms with E-state index in [4.69, 9.17) is 4.52 Å². The Balaban J connectivity index is 2.09. The van der Waals surface area contributed by atoms with E-state index in [0.717, 1.165) is 38.7 Å². The summed E-state index contributed by atoms with van der Waals surface area (Å²) in [4.78, 5) is 0. The van der Waals surface area contributed by atoms with Gasteiger partial charge in [0.15, 0.2) is 5.95 Å². The van der Waals surface area contributed by atoms with E-state index in [1.807, 2.05) is 48.5 Å². The minimum atomic E-state index is -0.434. The summed E-state index contributed by atoms with van der Waals surface area (Å²) in [7, 11) is 0.